The van der Waals surface area contributed by atoms with Crippen LogP contribution >= 0.6 is 0 Å². The summed E-state index contributed by atoms with van der Waals surface area (Å²) in [5, 5.41) is 0. The van der Waals surface area contributed by atoms with Gasteiger partial charge in [0.1, 0.15) is 17.8 Å². The third-order valence-corrected chi connectivity index (χ3v) is 2.56. The first-order valence-corrected chi connectivity index (χ1v) is 6.14. The molecule has 0 aliphatic heterocycles. The molecule has 0 bridgehead atoms. The van der Waals surface area contributed by atoms with Gasteiger partial charge >= 0.3 is 11.9 Å². The van der Waals surface area contributed by atoms with Crippen molar-refractivity contribution in [3.05, 3.63) is 59.7 Å². The Morgan fingerprint density at radius 3 is 2.29 bits per heavy atom. The maximum atomic E-state index is 12.0. The molecule has 0 fully saturated rings. The molecule has 0 aliphatic carbocycles. The van der Waals surface area contributed by atoms with E-state index in [0.717, 1.165) is 0 Å². The first kappa shape index (κ1) is 14.5. The maximum absolute atomic E-state index is 12.0. The van der Waals surface area contributed by atoms with Crippen LogP contribution in [0.2, 0.25) is 0 Å². The van der Waals surface area contributed by atoms with E-state index in [2.05, 4.69) is 0 Å². The van der Waals surface area contributed by atoms with Crippen LogP contribution in [0.5, 0.6) is 11.5 Å². The maximum Gasteiger partial charge on any atom is 0.343 e. The van der Waals surface area contributed by atoms with E-state index in [9.17, 15) is 14.4 Å². The molecule has 0 spiro atoms. The fraction of sp³-hybridized carbons (Fsp3) is 0.0625. The standard InChI is InChI=1S/C16H12O5/c1-11(18)20-15-4-2-3-13(9-15)16(19)21-14-7-5-12(10-17)6-8-14/h2-10H,1H3. The van der Waals surface area contributed by atoms with Crippen LogP contribution in [0.15, 0.2) is 48.5 Å². The van der Waals surface area contributed by atoms with E-state index in [-0.39, 0.29) is 11.3 Å². The van der Waals surface area contributed by atoms with Crippen LogP contribution in [0.4, 0.5) is 0 Å². The van der Waals surface area contributed by atoms with Crippen molar-refractivity contribution in [2.45, 2.75) is 6.92 Å². The summed E-state index contributed by atoms with van der Waals surface area (Å²) >= 11 is 0. The summed E-state index contributed by atoms with van der Waals surface area (Å²) in [6.07, 6.45) is 0.703. The van der Waals surface area contributed by atoms with Gasteiger partial charge in [0.15, 0.2) is 0 Å². The molecule has 2 rings (SSSR count). The first-order valence-electron chi connectivity index (χ1n) is 6.14. The second-order valence-corrected chi connectivity index (χ2v) is 4.20. The molecule has 2 aromatic carbocycles. The highest BCUT2D eigenvalue weighted by Crippen LogP contribution is 2.17. The molecule has 5 heteroatoms. The zero-order valence-electron chi connectivity index (χ0n) is 11.2. The summed E-state index contributed by atoms with van der Waals surface area (Å²) in [5.74, 6) is -0.454. The molecule has 0 aromatic heterocycles. The summed E-state index contributed by atoms with van der Waals surface area (Å²) in [7, 11) is 0. The van der Waals surface area contributed by atoms with Crippen LogP contribution in [-0.4, -0.2) is 18.2 Å². The van der Waals surface area contributed by atoms with Crippen molar-refractivity contribution < 1.29 is 23.9 Å². The van der Waals surface area contributed by atoms with E-state index < -0.39 is 11.9 Å². The predicted octanol–water partition coefficient (Wildman–Crippen LogP) is 2.64. The van der Waals surface area contributed by atoms with Crippen LogP contribution in [0.3, 0.4) is 0 Å². The second-order valence-electron chi connectivity index (χ2n) is 4.20. The smallest absolute Gasteiger partial charge is 0.343 e. The number of ether oxygens (including phenoxy) is 2. The fourth-order valence-corrected chi connectivity index (χ4v) is 1.63. The van der Waals surface area contributed by atoms with Gasteiger partial charge in [-0.2, -0.15) is 0 Å². The molecule has 0 atom stereocenters. The number of rotatable bonds is 4. The van der Waals surface area contributed by atoms with Crippen molar-refractivity contribution in [1.29, 1.82) is 0 Å². The van der Waals surface area contributed by atoms with Crippen molar-refractivity contribution in [3.8, 4) is 11.5 Å². The molecule has 0 heterocycles. The van der Waals surface area contributed by atoms with E-state index in [1.165, 1.54) is 25.1 Å². The van der Waals surface area contributed by atoms with Gasteiger partial charge in [0, 0.05) is 12.5 Å². The average molecular weight is 284 g/mol. The Labute approximate surface area is 121 Å². The van der Waals surface area contributed by atoms with Gasteiger partial charge in [-0.15, -0.1) is 0 Å². The SMILES string of the molecule is CC(=O)Oc1cccc(C(=O)Oc2ccc(C=O)cc2)c1. The molecule has 0 radical (unpaired) electrons. The Bertz CT molecular complexity index is 673. The second kappa shape index (κ2) is 6.47. The molecular weight excluding hydrogens is 272 g/mol. The Kier molecular flexibility index (Phi) is 4.46. The van der Waals surface area contributed by atoms with Crippen molar-refractivity contribution >= 4 is 18.2 Å². The van der Waals surface area contributed by atoms with Gasteiger partial charge < -0.3 is 9.47 Å². The van der Waals surface area contributed by atoms with Gasteiger partial charge in [-0.1, -0.05) is 6.07 Å². The van der Waals surface area contributed by atoms with Crippen LogP contribution in [0.1, 0.15) is 27.6 Å². The summed E-state index contributed by atoms with van der Waals surface area (Å²) in [6.45, 7) is 1.28. The lowest BCUT2D eigenvalue weighted by molar-refractivity contribution is -0.131. The van der Waals surface area contributed by atoms with E-state index in [1.807, 2.05) is 0 Å². The molecule has 0 N–H and O–H groups in total. The van der Waals surface area contributed by atoms with Crippen molar-refractivity contribution in [1.82, 2.24) is 0 Å². The lowest BCUT2D eigenvalue weighted by Crippen LogP contribution is -2.09. The Morgan fingerprint density at radius 2 is 1.67 bits per heavy atom. The van der Waals surface area contributed by atoms with Crippen molar-refractivity contribution in [2.75, 3.05) is 0 Å². The molecule has 0 saturated heterocycles. The quantitative estimate of drug-likeness (QED) is 0.490. The zero-order chi connectivity index (χ0) is 15.2. The zero-order valence-corrected chi connectivity index (χ0v) is 11.2. The van der Waals surface area contributed by atoms with Gasteiger partial charge in [0.05, 0.1) is 5.56 Å². The van der Waals surface area contributed by atoms with E-state index in [4.69, 9.17) is 9.47 Å². The summed E-state index contributed by atoms with van der Waals surface area (Å²) in [5.41, 5.74) is 0.750. The highest BCUT2D eigenvalue weighted by atomic mass is 16.5. The molecule has 0 aliphatic rings. The third-order valence-electron chi connectivity index (χ3n) is 2.56. The van der Waals surface area contributed by atoms with Crippen LogP contribution in [-0.2, 0) is 4.79 Å². The number of carbonyl (C=O) groups excluding carboxylic acids is 3. The lowest BCUT2D eigenvalue weighted by Gasteiger charge is -2.06. The molecule has 0 saturated carbocycles. The average Bonchev–Trinajstić information content (AvgIpc) is 2.47. The van der Waals surface area contributed by atoms with E-state index in [1.54, 1.807) is 30.3 Å². The van der Waals surface area contributed by atoms with Gasteiger partial charge in [0.2, 0.25) is 0 Å². The predicted molar refractivity (Wildman–Crippen MR) is 74.5 cm³/mol. The normalized spacial score (nSPS) is 9.76. The molecule has 21 heavy (non-hydrogen) atoms. The minimum Gasteiger partial charge on any atom is -0.427 e. The van der Waals surface area contributed by atoms with Gasteiger partial charge in [-0.3, -0.25) is 9.59 Å². The number of hydrogen-bond donors (Lipinski definition) is 0. The monoisotopic (exact) mass is 284 g/mol. The summed E-state index contributed by atoms with van der Waals surface area (Å²) < 4.78 is 10.1. The lowest BCUT2D eigenvalue weighted by atomic mass is 10.2. The molecular formula is C16H12O5. The molecule has 106 valence electrons. The molecule has 0 amide bonds. The van der Waals surface area contributed by atoms with Crippen molar-refractivity contribution in [3.63, 3.8) is 0 Å². The van der Waals surface area contributed by atoms with Crippen LogP contribution in [0, 0.1) is 0 Å². The number of aldehydes is 1. The molecule has 5 nitrogen and oxygen atoms in total. The first-order chi connectivity index (χ1) is 10.1. The number of hydrogen-bond acceptors (Lipinski definition) is 5. The van der Waals surface area contributed by atoms with E-state index >= 15 is 0 Å². The summed E-state index contributed by atoms with van der Waals surface area (Å²) in [4.78, 5) is 33.4. The number of carbonyl (C=O) groups is 3. The third kappa shape index (κ3) is 4.01. The Morgan fingerprint density at radius 1 is 0.952 bits per heavy atom. The highest BCUT2D eigenvalue weighted by Gasteiger charge is 2.10. The van der Waals surface area contributed by atoms with E-state index in [0.29, 0.717) is 17.6 Å². The largest absolute Gasteiger partial charge is 0.427 e. The van der Waals surface area contributed by atoms with Crippen LogP contribution in [0.25, 0.3) is 0 Å². The highest BCUT2D eigenvalue weighted by molar-refractivity contribution is 5.91. The summed E-state index contributed by atoms with van der Waals surface area (Å²) in [6, 6.07) is 12.3. The minimum absolute atomic E-state index is 0.258. The Balaban J connectivity index is 2.12. The molecule has 2 aromatic rings. The minimum atomic E-state index is -0.581. The van der Waals surface area contributed by atoms with Gasteiger partial charge in [-0.05, 0) is 42.5 Å². The van der Waals surface area contributed by atoms with Gasteiger partial charge in [-0.25, -0.2) is 4.79 Å². The fourth-order valence-electron chi connectivity index (χ4n) is 1.63. The Hall–Kier alpha value is -2.95. The van der Waals surface area contributed by atoms with Gasteiger partial charge in [0.25, 0.3) is 0 Å². The van der Waals surface area contributed by atoms with Crippen LogP contribution < -0.4 is 9.47 Å². The molecule has 0 unspecified atom stereocenters. The number of benzene rings is 2. The van der Waals surface area contributed by atoms with Crippen molar-refractivity contribution in [2.24, 2.45) is 0 Å². The number of esters is 2. The topological polar surface area (TPSA) is 69.7 Å².